The fourth-order valence-corrected chi connectivity index (χ4v) is 6.59. The Kier molecular flexibility index (Phi) is 8.65. The number of nitrogens with zero attached hydrogens (tertiary/aromatic N) is 1. The Balaban J connectivity index is 1.58. The number of nitrogens with one attached hydrogen (secondary N) is 1. The fourth-order valence-electron chi connectivity index (χ4n) is 6.59. The van der Waals surface area contributed by atoms with Crippen LogP contribution >= 0.6 is 0 Å². The lowest BCUT2D eigenvalue weighted by Crippen LogP contribution is -2.09. The van der Waals surface area contributed by atoms with E-state index in [9.17, 15) is 4.79 Å². The van der Waals surface area contributed by atoms with Crippen molar-refractivity contribution in [3.05, 3.63) is 101 Å². The fraction of sp³-hybridized carbons (Fsp3) is 0.244. The van der Waals surface area contributed by atoms with Crippen LogP contribution in [-0.4, -0.2) is 42.9 Å². The number of ether oxygens (including phenoxy) is 6. The Morgan fingerprint density at radius 2 is 1.32 bits per heavy atom. The molecule has 4 aromatic carbocycles. The molecule has 1 N–H and O–H groups in total. The molecule has 0 aliphatic heterocycles. The van der Waals surface area contributed by atoms with Crippen LogP contribution in [0, 0.1) is 0 Å². The van der Waals surface area contributed by atoms with Gasteiger partial charge in [-0.25, -0.2) is 0 Å². The Bertz CT molecular complexity index is 2430. The Hall–Kier alpha value is -5.83. The molecule has 9 heteroatoms. The van der Waals surface area contributed by atoms with Crippen LogP contribution in [0.1, 0.15) is 33.3 Å². The van der Waals surface area contributed by atoms with Crippen LogP contribution in [0.4, 0.5) is 0 Å². The zero-order chi connectivity index (χ0) is 35.1. The molecule has 50 heavy (non-hydrogen) atoms. The normalized spacial score (nSPS) is 11.6. The summed E-state index contributed by atoms with van der Waals surface area (Å²) in [5.74, 6) is 3.51. The number of hydrogen-bond acceptors (Lipinski definition) is 7. The SMILES string of the molecule is COc1cc2c(cc1OCc1ccccc1)[nH]c(=O)c1c2c(-c2ccc(OC)c(OC(C)C)c2)c2c3cc(OC)c(OC(C)C)cc3ccn21. The summed E-state index contributed by atoms with van der Waals surface area (Å²) in [6.45, 7) is 8.26. The van der Waals surface area contributed by atoms with Crippen molar-refractivity contribution < 1.29 is 28.4 Å². The van der Waals surface area contributed by atoms with Crippen molar-refractivity contribution in [2.45, 2.75) is 46.5 Å². The number of rotatable bonds is 11. The number of benzene rings is 4. The number of H-pyrrole nitrogens is 1. The summed E-state index contributed by atoms with van der Waals surface area (Å²) in [7, 11) is 4.87. The first kappa shape index (κ1) is 32.7. The van der Waals surface area contributed by atoms with E-state index in [1.807, 2.05) is 117 Å². The molecule has 0 saturated heterocycles. The van der Waals surface area contributed by atoms with Gasteiger partial charge in [0.25, 0.3) is 5.56 Å². The van der Waals surface area contributed by atoms with Crippen molar-refractivity contribution in [3.8, 4) is 45.6 Å². The van der Waals surface area contributed by atoms with Gasteiger partial charge in [-0.3, -0.25) is 4.79 Å². The van der Waals surface area contributed by atoms with Crippen LogP contribution in [0.25, 0.3) is 49.2 Å². The van der Waals surface area contributed by atoms with E-state index in [0.29, 0.717) is 52.1 Å². The Morgan fingerprint density at radius 1 is 0.660 bits per heavy atom. The van der Waals surface area contributed by atoms with Gasteiger partial charge in [0.05, 0.1) is 44.6 Å². The zero-order valence-corrected chi connectivity index (χ0v) is 29.2. The van der Waals surface area contributed by atoms with Gasteiger partial charge in [-0.15, -0.1) is 0 Å². The minimum absolute atomic E-state index is 0.0447. The molecule has 0 radical (unpaired) electrons. The summed E-state index contributed by atoms with van der Waals surface area (Å²) >= 11 is 0. The second-order valence-electron chi connectivity index (χ2n) is 12.7. The Labute approximate surface area is 289 Å². The minimum atomic E-state index is -0.244. The molecule has 0 saturated carbocycles. The molecule has 0 amide bonds. The van der Waals surface area contributed by atoms with Crippen LogP contribution in [-0.2, 0) is 6.61 Å². The second-order valence-corrected chi connectivity index (χ2v) is 12.7. The number of hydrogen-bond donors (Lipinski definition) is 1. The summed E-state index contributed by atoms with van der Waals surface area (Å²) in [6, 6.07) is 25.5. The second kappa shape index (κ2) is 13.2. The van der Waals surface area contributed by atoms with Gasteiger partial charge in [-0.2, -0.15) is 0 Å². The molecule has 256 valence electrons. The molecule has 3 heterocycles. The lowest BCUT2D eigenvalue weighted by Gasteiger charge is -2.16. The van der Waals surface area contributed by atoms with E-state index in [1.54, 1.807) is 21.3 Å². The maximum absolute atomic E-state index is 14.2. The Morgan fingerprint density at radius 3 is 2.00 bits per heavy atom. The number of fused-ring (bicyclic) bond motifs is 7. The van der Waals surface area contributed by atoms with Gasteiger partial charge in [0, 0.05) is 34.0 Å². The third-order valence-corrected chi connectivity index (χ3v) is 8.65. The van der Waals surface area contributed by atoms with E-state index < -0.39 is 0 Å². The number of methoxy groups -OCH3 is 3. The predicted molar refractivity (Wildman–Crippen MR) is 198 cm³/mol. The van der Waals surface area contributed by atoms with Gasteiger partial charge in [0.1, 0.15) is 12.1 Å². The molecular weight excluding hydrogens is 632 g/mol. The molecule has 0 aliphatic carbocycles. The van der Waals surface area contributed by atoms with Gasteiger partial charge >= 0.3 is 0 Å². The highest BCUT2D eigenvalue weighted by molar-refractivity contribution is 6.22. The molecule has 0 atom stereocenters. The highest BCUT2D eigenvalue weighted by Crippen LogP contribution is 2.46. The summed E-state index contributed by atoms with van der Waals surface area (Å²) in [4.78, 5) is 17.3. The van der Waals surface area contributed by atoms with Crippen LogP contribution in [0.3, 0.4) is 0 Å². The smallest absolute Gasteiger partial charge is 0.273 e. The van der Waals surface area contributed by atoms with E-state index in [4.69, 9.17) is 28.4 Å². The first-order chi connectivity index (χ1) is 24.2. The summed E-state index contributed by atoms with van der Waals surface area (Å²) in [6.07, 6.45) is 1.80. The summed E-state index contributed by atoms with van der Waals surface area (Å²) in [5, 5.41) is 3.37. The average molecular weight is 673 g/mol. The number of aromatic amines is 1. The van der Waals surface area contributed by atoms with E-state index in [0.717, 1.165) is 43.8 Å². The van der Waals surface area contributed by atoms with Crippen LogP contribution in [0.5, 0.6) is 34.5 Å². The van der Waals surface area contributed by atoms with Gasteiger partial charge in [0.2, 0.25) is 0 Å². The molecular formula is C41H40N2O7. The van der Waals surface area contributed by atoms with Gasteiger partial charge < -0.3 is 37.8 Å². The number of aromatic nitrogens is 2. The molecule has 3 aromatic heterocycles. The standard InChI is InChI=1S/C41H40N2O7/c1-23(2)49-35-18-27(13-14-31(35)45-5)37-38-29-20-32(46-6)34(48-22-25-11-9-8-10-12-25)21-30(29)42-41(44)40(38)43-16-15-26-17-36(50-24(3)4)33(47-7)19-28(26)39(37)43/h8-21,23-24H,22H2,1-7H3,(H,42,44). The van der Waals surface area contributed by atoms with E-state index in [-0.39, 0.29) is 17.8 Å². The van der Waals surface area contributed by atoms with Crippen molar-refractivity contribution in [2.75, 3.05) is 21.3 Å². The molecule has 9 nitrogen and oxygen atoms in total. The third-order valence-electron chi connectivity index (χ3n) is 8.65. The quantitative estimate of drug-likeness (QED) is 0.147. The minimum Gasteiger partial charge on any atom is -0.493 e. The molecule has 0 spiro atoms. The van der Waals surface area contributed by atoms with Crippen LogP contribution in [0.15, 0.2) is 89.9 Å². The first-order valence-corrected chi connectivity index (χ1v) is 16.6. The summed E-state index contributed by atoms with van der Waals surface area (Å²) < 4.78 is 38.0. The van der Waals surface area contributed by atoms with Gasteiger partial charge in [0.15, 0.2) is 34.5 Å². The van der Waals surface area contributed by atoms with E-state index >= 15 is 0 Å². The third kappa shape index (κ3) is 5.78. The molecule has 0 unspecified atom stereocenters. The molecule has 0 fully saturated rings. The van der Waals surface area contributed by atoms with Crippen molar-refractivity contribution >= 4 is 38.1 Å². The van der Waals surface area contributed by atoms with Gasteiger partial charge in [-0.05, 0) is 80.6 Å². The maximum atomic E-state index is 14.2. The summed E-state index contributed by atoms with van der Waals surface area (Å²) in [5.41, 5.74) is 4.40. The predicted octanol–water partition coefficient (Wildman–Crippen LogP) is 8.93. The van der Waals surface area contributed by atoms with E-state index in [2.05, 4.69) is 4.98 Å². The topological polar surface area (TPSA) is 92.7 Å². The van der Waals surface area contributed by atoms with Crippen molar-refractivity contribution in [1.82, 2.24) is 9.38 Å². The van der Waals surface area contributed by atoms with Gasteiger partial charge in [-0.1, -0.05) is 36.4 Å². The largest absolute Gasteiger partial charge is 0.493 e. The molecule has 0 bridgehead atoms. The maximum Gasteiger partial charge on any atom is 0.273 e. The highest BCUT2D eigenvalue weighted by atomic mass is 16.5. The molecule has 0 aliphatic rings. The van der Waals surface area contributed by atoms with Crippen LogP contribution < -0.4 is 34.0 Å². The average Bonchev–Trinajstić information content (AvgIpc) is 3.46. The number of pyridine rings is 2. The van der Waals surface area contributed by atoms with Crippen molar-refractivity contribution in [1.29, 1.82) is 0 Å². The van der Waals surface area contributed by atoms with Crippen LogP contribution in [0.2, 0.25) is 0 Å². The van der Waals surface area contributed by atoms with E-state index in [1.165, 1.54) is 0 Å². The zero-order valence-electron chi connectivity index (χ0n) is 29.2. The van der Waals surface area contributed by atoms with Crippen molar-refractivity contribution in [2.24, 2.45) is 0 Å². The monoisotopic (exact) mass is 672 g/mol. The highest BCUT2D eigenvalue weighted by Gasteiger charge is 2.24. The van der Waals surface area contributed by atoms with Crippen molar-refractivity contribution in [3.63, 3.8) is 0 Å². The molecule has 7 rings (SSSR count). The lowest BCUT2D eigenvalue weighted by molar-refractivity contribution is 0.230. The lowest BCUT2D eigenvalue weighted by atomic mass is 9.97. The molecule has 7 aromatic rings. The first-order valence-electron chi connectivity index (χ1n) is 16.6.